The van der Waals surface area contributed by atoms with Crippen molar-refractivity contribution in [2.45, 2.75) is 13.5 Å². The van der Waals surface area contributed by atoms with Gasteiger partial charge in [0, 0.05) is 6.20 Å². The average molecular weight is 147 g/mol. The van der Waals surface area contributed by atoms with Gasteiger partial charge >= 0.3 is 0 Å². The van der Waals surface area contributed by atoms with Gasteiger partial charge in [-0.2, -0.15) is 10.4 Å². The van der Waals surface area contributed by atoms with E-state index in [2.05, 4.69) is 11.7 Å². The van der Waals surface area contributed by atoms with Crippen molar-refractivity contribution in [2.75, 3.05) is 0 Å². The Labute approximate surface area is 65.6 Å². The highest BCUT2D eigenvalue weighted by Crippen LogP contribution is 1.97. The summed E-state index contributed by atoms with van der Waals surface area (Å²) in [5.41, 5.74) is 1.61. The summed E-state index contributed by atoms with van der Waals surface area (Å²) in [4.78, 5) is 0. The summed E-state index contributed by atoms with van der Waals surface area (Å²) in [5.74, 6) is 0. The third-order valence-corrected chi connectivity index (χ3v) is 1.19. The fraction of sp³-hybridized carbons (Fsp3) is 0.250. The summed E-state index contributed by atoms with van der Waals surface area (Å²) in [6.45, 7) is 6.35. The first-order chi connectivity index (χ1) is 5.22. The second kappa shape index (κ2) is 3.02. The van der Waals surface area contributed by atoms with Crippen LogP contribution in [0.15, 0.2) is 24.5 Å². The maximum absolute atomic E-state index is 8.46. The maximum atomic E-state index is 8.46. The second-order valence-electron chi connectivity index (χ2n) is 2.50. The number of aromatic nitrogens is 2. The molecule has 0 spiro atoms. The maximum Gasteiger partial charge on any atom is 0.102 e. The normalized spacial score (nSPS) is 9.09. The first-order valence-electron chi connectivity index (χ1n) is 3.29. The number of hydrogen-bond acceptors (Lipinski definition) is 2. The molecule has 3 heteroatoms. The molecule has 3 nitrogen and oxygen atoms in total. The van der Waals surface area contributed by atoms with Crippen molar-refractivity contribution in [3.05, 3.63) is 30.1 Å². The van der Waals surface area contributed by atoms with Gasteiger partial charge < -0.3 is 0 Å². The number of nitrogens with zero attached hydrogens (tertiary/aromatic N) is 3. The zero-order chi connectivity index (χ0) is 8.27. The molecule has 1 aromatic heterocycles. The highest BCUT2D eigenvalue weighted by atomic mass is 15.3. The van der Waals surface area contributed by atoms with Crippen molar-refractivity contribution < 1.29 is 0 Å². The van der Waals surface area contributed by atoms with Crippen LogP contribution in [0, 0.1) is 11.3 Å². The van der Waals surface area contributed by atoms with Crippen molar-refractivity contribution in [3.8, 4) is 6.07 Å². The quantitative estimate of drug-likeness (QED) is 0.592. The van der Waals surface area contributed by atoms with Gasteiger partial charge in [0.25, 0.3) is 0 Å². The van der Waals surface area contributed by atoms with Gasteiger partial charge in [-0.05, 0) is 6.92 Å². The first-order valence-corrected chi connectivity index (χ1v) is 3.29. The van der Waals surface area contributed by atoms with E-state index in [1.54, 1.807) is 17.1 Å². The van der Waals surface area contributed by atoms with Crippen LogP contribution in [-0.2, 0) is 6.54 Å². The molecule has 0 aromatic carbocycles. The van der Waals surface area contributed by atoms with Crippen LogP contribution >= 0.6 is 0 Å². The Morgan fingerprint density at radius 1 is 1.91 bits per heavy atom. The molecule has 0 saturated heterocycles. The molecule has 0 N–H and O–H groups in total. The molecule has 0 aliphatic rings. The Kier molecular flexibility index (Phi) is 2.07. The molecule has 0 saturated carbocycles. The number of rotatable bonds is 2. The highest BCUT2D eigenvalue weighted by Gasteiger charge is 1.95. The molecular formula is C8H9N3. The predicted octanol–water partition coefficient (Wildman–Crippen LogP) is 1.33. The number of allylic oxidation sites excluding steroid dienone is 1. The number of nitriles is 1. The molecule has 0 bridgehead atoms. The van der Waals surface area contributed by atoms with Gasteiger partial charge in [0.15, 0.2) is 0 Å². The largest absolute Gasteiger partial charge is 0.267 e. The summed E-state index contributed by atoms with van der Waals surface area (Å²) in [6, 6.07) is 2.01. The van der Waals surface area contributed by atoms with E-state index >= 15 is 0 Å². The van der Waals surface area contributed by atoms with Crippen molar-refractivity contribution in [2.24, 2.45) is 0 Å². The Morgan fingerprint density at radius 3 is 3.09 bits per heavy atom. The van der Waals surface area contributed by atoms with Gasteiger partial charge in [-0.25, -0.2) is 0 Å². The van der Waals surface area contributed by atoms with Gasteiger partial charge in [0.2, 0.25) is 0 Å². The summed E-state index contributed by atoms with van der Waals surface area (Å²) in [7, 11) is 0. The lowest BCUT2D eigenvalue weighted by Crippen LogP contribution is -1.97. The highest BCUT2D eigenvalue weighted by molar-refractivity contribution is 5.21. The fourth-order valence-corrected chi connectivity index (χ4v) is 0.784. The van der Waals surface area contributed by atoms with E-state index in [1.807, 2.05) is 13.0 Å². The van der Waals surface area contributed by atoms with Gasteiger partial charge in [-0.3, -0.25) is 4.68 Å². The summed E-state index contributed by atoms with van der Waals surface area (Å²) < 4.78 is 1.70. The monoisotopic (exact) mass is 147 g/mol. The number of hydrogen-bond donors (Lipinski definition) is 0. The van der Waals surface area contributed by atoms with Crippen LogP contribution in [0.2, 0.25) is 0 Å². The summed E-state index contributed by atoms with van der Waals surface area (Å²) in [6.07, 6.45) is 3.25. The van der Waals surface area contributed by atoms with Crippen LogP contribution in [0.4, 0.5) is 0 Å². The molecule has 0 aliphatic heterocycles. The third kappa shape index (κ3) is 1.94. The minimum Gasteiger partial charge on any atom is -0.267 e. The minimum atomic E-state index is 0.589. The van der Waals surface area contributed by atoms with E-state index in [9.17, 15) is 0 Å². The van der Waals surface area contributed by atoms with E-state index in [0.717, 1.165) is 5.57 Å². The fourth-order valence-electron chi connectivity index (χ4n) is 0.784. The molecule has 1 heterocycles. The summed E-state index contributed by atoms with van der Waals surface area (Å²) in [5, 5.41) is 12.4. The van der Waals surface area contributed by atoms with E-state index in [0.29, 0.717) is 12.1 Å². The molecule has 0 atom stereocenters. The van der Waals surface area contributed by atoms with Crippen molar-refractivity contribution >= 4 is 0 Å². The molecule has 0 amide bonds. The predicted molar refractivity (Wildman–Crippen MR) is 41.8 cm³/mol. The van der Waals surface area contributed by atoms with E-state index in [-0.39, 0.29) is 0 Å². The lowest BCUT2D eigenvalue weighted by atomic mass is 10.3. The van der Waals surface area contributed by atoms with Crippen LogP contribution < -0.4 is 0 Å². The van der Waals surface area contributed by atoms with E-state index < -0.39 is 0 Å². The molecule has 0 radical (unpaired) electrons. The molecule has 0 fully saturated rings. The van der Waals surface area contributed by atoms with Crippen LogP contribution in [0.5, 0.6) is 0 Å². The zero-order valence-corrected chi connectivity index (χ0v) is 6.41. The van der Waals surface area contributed by atoms with Gasteiger partial charge in [-0.15, -0.1) is 0 Å². The van der Waals surface area contributed by atoms with E-state index in [1.165, 1.54) is 0 Å². The van der Waals surface area contributed by atoms with Crippen LogP contribution in [0.1, 0.15) is 12.5 Å². The lowest BCUT2D eigenvalue weighted by Gasteiger charge is -1.96. The molecule has 0 aliphatic carbocycles. The Bertz CT molecular complexity index is 303. The van der Waals surface area contributed by atoms with Gasteiger partial charge in [0.1, 0.15) is 6.07 Å². The van der Waals surface area contributed by atoms with Crippen molar-refractivity contribution in [1.82, 2.24) is 9.78 Å². The van der Waals surface area contributed by atoms with E-state index in [4.69, 9.17) is 5.26 Å². The second-order valence-corrected chi connectivity index (χ2v) is 2.50. The third-order valence-electron chi connectivity index (χ3n) is 1.19. The lowest BCUT2D eigenvalue weighted by molar-refractivity contribution is 0.679. The minimum absolute atomic E-state index is 0.589. The smallest absolute Gasteiger partial charge is 0.102 e. The molecule has 1 aromatic rings. The molecule has 0 unspecified atom stereocenters. The molecule has 11 heavy (non-hydrogen) atoms. The molecule has 56 valence electrons. The van der Waals surface area contributed by atoms with Crippen LogP contribution in [0.25, 0.3) is 0 Å². The zero-order valence-electron chi connectivity index (χ0n) is 6.41. The Morgan fingerprint density at radius 2 is 2.64 bits per heavy atom. The van der Waals surface area contributed by atoms with Crippen molar-refractivity contribution in [3.63, 3.8) is 0 Å². The van der Waals surface area contributed by atoms with Crippen LogP contribution in [-0.4, -0.2) is 9.78 Å². The summed E-state index contributed by atoms with van der Waals surface area (Å²) >= 11 is 0. The SMILES string of the molecule is C=C(C)Cn1cc(C#N)cn1. The van der Waals surface area contributed by atoms with Gasteiger partial charge in [0.05, 0.1) is 18.3 Å². The van der Waals surface area contributed by atoms with Crippen molar-refractivity contribution in [1.29, 1.82) is 5.26 Å². The average Bonchev–Trinajstić information content (AvgIpc) is 2.34. The Hall–Kier alpha value is -1.56. The van der Waals surface area contributed by atoms with Gasteiger partial charge in [-0.1, -0.05) is 12.2 Å². The molecule has 1 rings (SSSR count). The Balaban J connectivity index is 2.75. The first kappa shape index (κ1) is 7.55. The van der Waals surface area contributed by atoms with Crippen LogP contribution in [0.3, 0.4) is 0 Å². The topological polar surface area (TPSA) is 41.6 Å². The standard InChI is InChI=1S/C8H9N3/c1-7(2)5-11-6-8(3-9)4-10-11/h4,6H,1,5H2,2H3. The molecular weight excluding hydrogens is 138 g/mol.